The quantitative estimate of drug-likeness (QED) is 0.402. The van der Waals surface area contributed by atoms with Crippen LogP contribution in [0.15, 0.2) is 17.3 Å². The second-order valence-electron chi connectivity index (χ2n) is 4.41. The second kappa shape index (κ2) is 8.90. The zero-order valence-corrected chi connectivity index (χ0v) is 14.1. The maximum Gasteiger partial charge on any atom is 0.324 e. The maximum absolute atomic E-state index is 9.84. The third kappa shape index (κ3) is 5.90. The molecule has 0 aromatic carbocycles. The zero-order valence-electron chi connectivity index (χ0n) is 12.4. The van der Waals surface area contributed by atoms with Gasteiger partial charge in [-0.25, -0.2) is 4.99 Å². The number of rotatable bonds is 9. The minimum atomic E-state index is -3.27. The SMILES string of the molecule is CCC(COP(O)(=S)OC)O[C@H](CO)N1C=CC(N)=NC1O. The van der Waals surface area contributed by atoms with Gasteiger partial charge in [0.2, 0.25) is 6.35 Å². The fourth-order valence-corrected chi connectivity index (χ4v) is 2.28. The average molecular weight is 355 g/mol. The minimum absolute atomic E-state index is 0.00628. The number of aliphatic hydroxyl groups excluding tert-OH is 2. The lowest BCUT2D eigenvalue weighted by molar-refractivity contribution is -0.155. The zero-order chi connectivity index (χ0) is 16.8. The third-order valence-corrected chi connectivity index (χ3v) is 4.60. The van der Waals surface area contributed by atoms with Gasteiger partial charge in [-0.1, -0.05) is 6.92 Å². The van der Waals surface area contributed by atoms with E-state index in [1.807, 2.05) is 6.92 Å². The summed E-state index contributed by atoms with van der Waals surface area (Å²) in [5.41, 5.74) is 5.47. The summed E-state index contributed by atoms with van der Waals surface area (Å²) in [7, 11) is 1.26. The number of nitrogens with zero attached hydrogens (tertiary/aromatic N) is 2. The van der Waals surface area contributed by atoms with Gasteiger partial charge in [0.05, 0.1) is 19.3 Å². The predicted octanol–water partition coefficient (Wildman–Crippen LogP) is -0.558. The number of aliphatic hydroxyl groups is 2. The van der Waals surface area contributed by atoms with Crippen molar-refractivity contribution >= 4 is 24.4 Å². The monoisotopic (exact) mass is 355 g/mol. The number of nitrogens with two attached hydrogens (primary N) is 1. The van der Waals surface area contributed by atoms with E-state index in [0.29, 0.717) is 6.42 Å². The van der Waals surface area contributed by atoms with Gasteiger partial charge in [0.15, 0.2) is 6.23 Å². The first-order valence-electron chi connectivity index (χ1n) is 6.59. The van der Waals surface area contributed by atoms with Crippen molar-refractivity contribution in [2.24, 2.45) is 10.7 Å². The summed E-state index contributed by atoms with van der Waals surface area (Å²) in [5, 5.41) is 19.3. The van der Waals surface area contributed by atoms with Gasteiger partial charge in [0.25, 0.3) is 0 Å². The molecule has 22 heavy (non-hydrogen) atoms. The molecule has 0 spiro atoms. The van der Waals surface area contributed by atoms with Crippen molar-refractivity contribution in [1.29, 1.82) is 0 Å². The summed E-state index contributed by atoms with van der Waals surface area (Å²) < 4.78 is 15.5. The van der Waals surface area contributed by atoms with Crippen LogP contribution in [0.3, 0.4) is 0 Å². The molecule has 4 atom stereocenters. The van der Waals surface area contributed by atoms with E-state index in [4.69, 9.17) is 26.8 Å². The molecule has 1 rings (SSSR count). The van der Waals surface area contributed by atoms with Crippen molar-refractivity contribution in [3.8, 4) is 0 Å². The van der Waals surface area contributed by atoms with Crippen molar-refractivity contribution in [3.05, 3.63) is 12.3 Å². The Bertz CT molecular complexity index is 463. The number of hydrogen-bond acceptors (Lipinski definition) is 9. The Balaban J connectivity index is 2.63. The van der Waals surface area contributed by atoms with Crippen LogP contribution in [0.4, 0.5) is 0 Å². The number of ether oxygens (including phenoxy) is 1. The predicted molar refractivity (Wildman–Crippen MR) is 84.1 cm³/mol. The largest absolute Gasteiger partial charge is 0.392 e. The fourth-order valence-electron chi connectivity index (χ4n) is 1.64. The highest BCUT2D eigenvalue weighted by atomic mass is 32.5. The molecule has 128 valence electrons. The molecular formula is C11H22N3O6PS. The molecule has 0 saturated heterocycles. The smallest absolute Gasteiger partial charge is 0.324 e. The van der Waals surface area contributed by atoms with E-state index < -0.39 is 25.4 Å². The van der Waals surface area contributed by atoms with Crippen LogP contribution in [0.2, 0.25) is 0 Å². The first-order valence-corrected chi connectivity index (χ1v) is 9.18. The van der Waals surface area contributed by atoms with Gasteiger partial charge in [0, 0.05) is 13.3 Å². The van der Waals surface area contributed by atoms with Gasteiger partial charge in [-0.3, -0.25) is 0 Å². The van der Waals surface area contributed by atoms with Crippen LogP contribution >= 0.6 is 6.72 Å². The molecular weight excluding hydrogens is 333 g/mol. The second-order valence-corrected chi connectivity index (χ2v) is 7.36. The third-order valence-electron chi connectivity index (χ3n) is 2.90. The molecule has 0 aliphatic carbocycles. The van der Waals surface area contributed by atoms with Gasteiger partial charge in [-0.2, -0.15) is 0 Å². The summed E-state index contributed by atoms with van der Waals surface area (Å²) in [6.45, 7) is -1.82. The van der Waals surface area contributed by atoms with E-state index in [-0.39, 0.29) is 19.0 Å². The molecule has 5 N–H and O–H groups in total. The Morgan fingerprint density at radius 2 is 2.27 bits per heavy atom. The molecule has 0 fully saturated rings. The molecule has 11 heteroatoms. The molecule has 0 amide bonds. The summed E-state index contributed by atoms with van der Waals surface area (Å²) in [6.07, 6.45) is 0.931. The molecule has 1 heterocycles. The van der Waals surface area contributed by atoms with Crippen molar-refractivity contribution in [3.63, 3.8) is 0 Å². The highest BCUT2D eigenvalue weighted by Crippen LogP contribution is 2.42. The Hall–Kier alpha value is -0.580. The molecule has 0 aromatic heterocycles. The highest BCUT2D eigenvalue weighted by Gasteiger charge is 2.27. The van der Waals surface area contributed by atoms with E-state index in [2.05, 4.69) is 9.52 Å². The molecule has 0 saturated carbocycles. The number of hydrogen-bond donors (Lipinski definition) is 4. The summed E-state index contributed by atoms with van der Waals surface area (Å²) in [6, 6.07) is 0. The lowest BCUT2D eigenvalue weighted by atomic mass is 10.3. The van der Waals surface area contributed by atoms with E-state index in [1.54, 1.807) is 0 Å². The van der Waals surface area contributed by atoms with Gasteiger partial charge < -0.3 is 39.5 Å². The number of aliphatic imine (C=N–C) groups is 1. The normalized spacial score (nSPS) is 23.8. The highest BCUT2D eigenvalue weighted by molar-refractivity contribution is 8.07. The van der Waals surface area contributed by atoms with Crippen molar-refractivity contribution < 1.29 is 28.9 Å². The summed E-state index contributed by atoms with van der Waals surface area (Å²) in [5.74, 6) is 0.178. The minimum Gasteiger partial charge on any atom is -0.392 e. The van der Waals surface area contributed by atoms with Crippen LogP contribution in [0.25, 0.3) is 0 Å². The van der Waals surface area contributed by atoms with E-state index in [9.17, 15) is 15.1 Å². The van der Waals surface area contributed by atoms with Crippen LogP contribution < -0.4 is 5.73 Å². The first kappa shape index (κ1) is 19.5. The van der Waals surface area contributed by atoms with Crippen LogP contribution in [-0.2, 0) is 25.6 Å². The molecule has 0 aromatic rings. The van der Waals surface area contributed by atoms with Crippen molar-refractivity contribution in [2.45, 2.75) is 32.0 Å². The molecule has 0 bridgehead atoms. The Morgan fingerprint density at radius 1 is 1.59 bits per heavy atom. The Kier molecular flexibility index (Phi) is 7.87. The first-order chi connectivity index (χ1) is 10.3. The summed E-state index contributed by atoms with van der Waals surface area (Å²) >= 11 is 4.73. The van der Waals surface area contributed by atoms with E-state index >= 15 is 0 Å². The lowest BCUT2D eigenvalue weighted by Crippen LogP contribution is -2.46. The van der Waals surface area contributed by atoms with Crippen molar-refractivity contribution in [1.82, 2.24) is 4.90 Å². The lowest BCUT2D eigenvalue weighted by Gasteiger charge is -2.35. The number of amidine groups is 1. The fraction of sp³-hybridized carbons (Fsp3) is 0.727. The van der Waals surface area contributed by atoms with Crippen LogP contribution in [0, 0.1) is 0 Å². The topological polar surface area (TPSA) is 130 Å². The standard InChI is InChI=1S/C11H22N3O6PS/c1-3-8(7-19-21(17,22)18-2)20-10(6-15)14-5-4-9(12)13-11(14)16/h4-5,8,10-11,15-16H,3,6-7H2,1-2H3,(H2,12,13)(H,17,22)/t8?,10-,11?,21?/m1/s1. The van der Waals surface area contributed by atoms with Gasteiger partial charge in [-0.15, -0.1) is 0 Å². The summed E-state index contributed by atoms with van der Waals surface area (Å²) in [4.78, 5) is 14.6. The molecule has 1 aliphatic heterocycles. The van der Waals surface area contributed by atoms with Crippen LogP contribution in [0.5, 0.6) is 0 Å². The Morgan fingerprint density at radius 3 is 2.77 bits per heavy atom. The average Bonchev–Trinajstić information content (AvgIpc) is 2.48. The van der Waals surface area contributed by atoms with Gasteiger partial charge in [-0.05, 0) is 24.3 Å². The van der Waals surface area contributed by atoms with E-state index in [1.165, 1.54) is 24.3 Å². The van der Waals surface area contributed by atoms with Gasteiger partial charge >= 0.3 is 6.72 Å². The molecule has 1 aliphatic rings. The molecule has 0 radical (unpaired) electrons. The maximum atomic E-state index is 9.84. The molecule has 9 nitrogen and oxygen atoms in total. The van der Waals surface area contributed by atoms with Crippen LogP contribution in [0.1, 0.15) is 13.3 Å². The molecule has 3 unspecified atom stereocenters. The Labute approximate surface area is 134 Å². The van der Waals surface area contributed by atoms with Crippen molar-refractivity contribution in [2.75, 3.05) is 20.3 Å². The van der Waals surface area contributed by atoms with Gasteiger partial charge in [0.1, 0.15) is 5.84 Å². The van der Waals surface area contributed by atoms with Crippen LogP contribution in [-0.4, -0.2) is 64.8 Å². The van der Waals surface area contributed by atoms with E-state index in [0.717, 1.165) is 0 Å².